The zero-order chi connectivity index (χ0) is 20.1. The number of nitrogens with one attached hydrogen (secondary N) is 2. The van der Waals surface area contributed by atoms with E-state index in [4.69, 9.17) is 4.74 Å². The highest BCUT2D eigenvalue weighted by Crippen LogP contribution is 2.29. The number of aryl methyl sites for hydroxylation is 1. The van der Waals surface area contributed by atoms with Crippen molar-refractivity contribution in [1.29, 1.82) is 0 Å². The minimum Gasteiger partial charge on any atom is -0.385 e. The summed E-state index contributed by atoms with van der Waals surface area (Å²) < 4.78 is 9.53. The Labute approximate surface area is 176 Å². The summed E-state index contributed by atoms with van der Waals surface area (Å²) in [4.78, 5) is 2.47. The Morgan fingerprint density at radius 3 is 2.39 bits per heavy atom. The molecule has 3 rings (SSSR count). The Morgan fingerprint density at radius 1 is 1.11 bits per heavy atom. The van der Waals surface area contributed by atoms with Crippen molar-refractivity contribution in [2.24, 2.45) is 5.92 Å². The van der Waals surface area contributed by atoms with Gasteiger partial charge in [-0.05, 0) is 76.1 Å². The molecule has 5 heteroatoms. The van der Waals surface area contributed by atoms with E-state index < -0.39 is 0 Å². The van der Waals surface area contributed by atoms with Gasteiger partial charge < -0.3 is 15.0 Å². The van der Waals surface area contributed by atoms with E-state index in [0.29, 0.717) is 23.5 Å². The van der Waals surface area contributed by atoms with Gasteiger partial charge in [0.15, 0.2) is 0 Å². The van der Waals surface area contributed by atoms with Gasteiger partial charge >= 0.3 is 0 Å². The van der Waals surface area contributed by atoms with Crippen LogP contribution < -0.4 is 14.9 Å². The topological polar surface area (TPSA) is 36.5 Å². The third kappa shape index (κ3) is 6.30. The fourth-order valence-electron chi connectivity index (χ4n) is 4.47. The Kier molecular flexibility index (Phi) is 7.95. The highest BCUT2D eigenvalue weighted by Gasteiger charge is 2.24. The molecule has 2 aliphatic rings. The lowest BCUT2D eigenvalue weighted by atomic mass is 9.86. The lowest BCUT2D eigenvalue weighted by Crippen LogP contribution is -2.45. The van der Waals surface area contributed by atoms with Crippen LogP contribution in [0, 0.1) is 12.8 Å². The summed E-state index contributed by atoms with van der Waals surface area (Å²) in [6.45, 7) is 14.1. The smallest absolute Gasteiger partial charge is 0.0726 e. The molecular formula is C23H39N3OS. The number of rotatable bonds is 7. The average molecular weight is 406 g/mol. The van der Waals surface area contributed by atoms with Gasteiger partial charge in [0.25, 0.3) is 0 Å². The third-order valence-corrected chi connectivity index (χ3v) is 6.81. The van der Waals surface area contributed by atoms with Crippen LogP contribution >= 0.6 is 11.9 Å². The number of anilines is 2. The quantitative estimate of drug-likeness (QED) is 0.608. The molecule has 28 heavy (non-hydrogen) atoms. The molecule has 1 aliphatic heterocycles. The van der Waals surface area contributed by atoms with Crippen LogP contribution in [0.2, 0.25) is 0 Å². The summed E-state index contributed by atoms with van der Waals surface area (Å²) in [6.07, 6.45) is 5.84. The third-order valence-electron chi connectivity index (χ3n) is 5.87. The van der Waals surface area contributed by atoms with Gasteiger partial charge in [-0.1, -0.05) is 25.8 Å². The van der Waals surface area contributed by atoms with Crippen molar-refractivity contribution in [3.05, 3.63) is 23.8 Å². The zero-order valence-electron chi connectivity index (χ0n) is 18.3. The maximum absolute atomic E-state index is 5.88. The Morgan fingerprint density at radius 2 is 1.79 bits per heavy atom. The Bertz CT molecular complexity index is 606. The molecule has 1 heterocycles. The molecule has 0 radical (unpaired) electrons. The highest BCUT2D eigenvalue weighted by atomic mass is 32.2. The first-order valence-corrected chi connectivity index (χ1v) is 11.9. The van der Waals surface area contributed by atoms with E-state index in [2.05, 4.69) is 67.8 Å². The second-order valence-electron chi connectivity index (χ2n) is 9.05. The normalized spacial score (nSPS) is 28.6. The molecule has 4 nitrogen and oxygen atoms in total. The van der Waals surface area contributed by atoms with Crippen molar-refractivity contribution in [2.45, 2.75) is 83.8 Å². The van der Waals surface area contributed by atoms with Crippen LogP contribution in [0.1, 0.15) is 58.9 Å². The van der Waals surface area contributed by atoms with E-state index in [9.17, 15) is 0 Å². The number of nitrogens with zero attached hydrogens (tertiary/aromatic N) is 1. The molecule has 0 spiro atoms. The van der Waals surface area contributed by atoms with Gasteiger partial charge in [-0.2, -0.15) is 0 Å². The van der Waals surface area contributed by atoms with Crippen LogP contribution in [0.15, 0.2) is 18.2 Å². The summed E-state index contributed by atoms with van der Waals surface area (Å²) >= 11 is 1.89. The number of morpholine rings is 1. The first kappa shape index (κ1) is 21.8. The number of hydrogen-bond donors (Lipinski definition) is 2. The van der Waals surface area contributed by atoms with Crippen molar-refractivity contribution in [3.8, 4) is 0 Å². The van der Waals surface area contributed by atoms with Crippen LogP contribution in [0.25, 0.3) is 0 Å². The van der Waals surface area contributed by atoms with E-state index in [-0.39, 0.29) is 0 Å². The van der Waals surface area contributed by atoms with Gasteiger partial charge in [-0.15, -0.1) is 0 Å². The van der Waals surface area contributed by atoms with E-state index >= 15 is 0 Å². The molecule has 158 valence electrons. The van der Waals surface area contributed by atoms with E-state index in [1.54, 1.807) is 0 Å². The molecule has 2 atom stereocenters. The van der Waals surface area contributed by atoms with Crippen molar-refractivity contribution >= 4 is 23.3 Å². The van der Waals surface area contributed by atoms with Gasteiger partial charge in [0.05, 0.1) is 12.2 Å². The summed E-state index contributed by atoms with van der Waals surface area (Å²) in [7, 11) is 0. The maximum Gasteiger partial charge on any atom is 0.0726 e. The largest absolute Gasteiger partial charge is 0.385 e. The van der Waals surface area contributed by atoms with E-state index in [0.717, 1.165) is 25.6 Å². The molecule has 1 saturated heterocycles. The average Bonchev–Trinajstić information content (AvgIpc) is 2.64. The zero-order valence-corrected chi connectivity index (χ0v) is 19.1. The number of benzene rings is 1. The molecule has 1 aromatic carbocycles. The number of hydrogen-bond acceptors (Lipinski definition) is 5. The summed E-state index contributed by atoms with van der Waals surface area (Å²) in [5.41, 5.74) is 3.96. The van der Waals surface area contributed by atoms with Gasteiger partial charge in [-0.25, -0.2) is 0 Å². The first-order valence-electron chi connectivity index (χ1n) is 11.1. The number of ether oxygens (including phenoxy) is 1. The molecule has 2 N–H and O–H groups in total. The van der Waals surface area contributed by atoms with Crippen molar-refractivity contribution in [2.75, 3.05) is 29.9 Å². The Hall–Kier alpha value is -0.910. The van der Waals surface area contributed by atoms with Crippen LogP contribution in [-0.4, -0.2) is 43.1 Å². The maximum atomic E-state index is 5.88. The van der Waals surface area contributed by atoms with Crippen LogP contribution in [0.4, 0.5) is 11.4 Å². The van der Waals surface area contributed by atoms with Gasteiger partial charge in [-0.3, -0.25) is 4.72 Å². The van der Waals surface area contributed by atoms with Crippen LogP contribution in [0.3, 0.4) is 0 Å². The molecule has 2 fully saturated rings. The summed E-state index contributed by atoms with van der Waals surface area (Å²) in [5, 5.41) is 4.36. The molecule has 1 saturated carbocycles. The molecule has 0 amide bonds. The van der Waals surface area contributed by atoms with Gasteiger partial charge in [0.1, 0.15) is 0 Å². The predicted molar refractivity (Wildman–Crippen MR) is 123 cm³/mol. The van der Waals surface area contributed by atoms with Crippen molar-refractivity contribution < 1.29 is 4.74 Å². The van der Waals surface area contributed by atoms with Gasteiger partial charge in [0.2, 0.25) is 0 Å². The van der Waals surface area contributed by atoms with Crippen LogP contribution in [-0.2, 0) is 4.74 Å². The monoisotopic (exact) mass is 405 g/mol. The lowest BCUT2D eigenvalue weighted by Gasteiger charge is -2.37. The summed E-state index contributed by atoms with van der Waals surface area (Å²) in [6, 6.07) is 7.54. The van der Waals surface area contributed by atoms with Crippen molar-refractivity contribution in [3.63, 3.8) is 0 Å². The minimum absolute atomic E-state index is 0.296. The molecular weight excluding hydrogens is 366 g/mol. The first-order chi connectivity index (χ1) is 13.4. The van der Waals surface area contributed by atoms with E-state index in [1.807, 2.05) is 11.9 Å². The fourth-order valence-corrected chi connectivity index (χ4v) is 5.17. The van der Waals surface area contributed by atoms with Crippen LogP contribution in [0.5, 0.6) is 0 Å². The molecule has 1 aliphatic carbocycles. The minimum atomic E-state index is 0.296. The van der Waals surface area contributed by atoms with Crippen molar-refractivity contribution in [1.82, 2.24) is 4.72 Å². The predicted octanol–water partition coefficient (Wildman–Crippen LogP) is 5.23. The van der Waals surface area contributed by atoms with E-state index in [1.165, 1.54) is 42.6 Å². The molecule has 0 bridgehead atoms. The second kappa shape index (κ2) is 10.2. The molecule has 0 aromatic heterocycles. The summed E-state index contributed by atoms with van der Waals surface area (Å²) in [5.74, 6) is 0.794. The lowest BCUT2D eigenvalue weighted by molar-refractivity contribution is -0.00524. The molecule has 1 aromatic rings. The van der Waals surface area contributed by atoms with Gasteiger partial charge in [0, 0.05) is 42.3 Å². The SMILES string of the molecule is Cc1cc(NCC2CCC(NSC(C)C)CC2)ccc1N1C[C@@H](C)O[C@@H](C)C1. The second-order valence-corrected chi connectivity index (χ2v) is 10.5. The Balaban J connectivity index is 1.46. The fraction of sp³-hybridized carbons (Fsp3) is 0.739. The molecule has 0 unspecified atom stereocenters. The standard InChI is InChI=1S/C23H39N3OS/c1-16(2)28-25-21-8-6-20(7-9-21)13-24-22-10-11-23(17(3)12-22)26-14-18(4)27-19(5)15-26/h10-12,16,18-21,24-25H,6-9,13-15H2,1-5H3/t18-,19+,20?,21?. The highest BCUT2D eigenvalue weighted by molar-refractivity contribution is 7.98.